The fraction of sp³-hybridized carbons (Fsp3) is 0.455. The van der Waals surface area contributed by atoms with E-state index in [2.05, 4.69) is 25.4 Å². The predicted octanol–water partition coefficient (Wildman–Crippen LogP) is 3.75. The highest BCUT2D eigenvalue weighted by molar-refractivity contribution is 5.49. The number of halogens is 3. The fourth-order valence-electron chi connectivity index (χ4n) is 4.02. The van der Waals surface area contributed by atoms with Crippen LogP contribution in [0, 0.1) is 0 Å². The molecule has 32 heavy (non-hydrogen) atoms. The number of anilines is 1. The molecule has 2 aromatic heterocycles. The van der Waals surface area contributed by atoms with E-state index >= 15 is 0 Å². The minimum Gasteiger partial charge on any atom is -0.369 e. The summed E-state index contributed by atoms with van der Waals surface area (Å²) < 4.78 is 41.2. The van der Waals surface area contributed by atoms with Gasteiger partial charge in [-0.15, -0.1) is 5.10 Å². The molecule has 0 bridgehead atoms. The van der Waals surface area contributed by atoms with Crippen LogP contribution in [0.4, 0.5) is 18.9 Å². The largest absolute Gasteiger partial charge is 0.416 e. The Kier molecular flexibility index (Phi) is 5.89. The first-order valence-electron chi connectivity index (χ1n) is 10.5. The molecule has 1 saturated heterocycles. The molecule has 0 unspecified atom stereocenters. The smallest absolute Gasteiger partial charge is 0.369 e. The lowest BCUT2D eigenvalue weighted by Gasteiger charge is -2.40. The van der Waals surface area contributed by atoms with Gasteiger partial charge >= 0.3 is 6.18 Å². The average molecular weight is 445 g/mol. The van der Waals surface area contributed by atoms with Crippen molar-refractivity contribution in [1.82, 2.24) is 30.1 Å². The summed E-state index contributed by atoms with van der Waals surface area (Å²) in [6.07, 6.45) is -0.822. The Hall–Kier alpha value is -3.01. The molecule has 0 aliphatic carbocycles. The molecule has 10 heteroatoms. The third-order valence-electron chi connectivity index (χ3n) is 5.59. The van der Waals surface area contributed by atoms with E-state index in [1.807, 2.05) is 48.7 Å². The second kappa shape index (κ2) is 8.50. The van der Waals surface area contributed by atoms with Crippen LogP contribution >= 0.6 is 0 Å². The predicted molar refractivity (Wildman–Crippen MR) is 114 cm³/mol. The van der Waals surface area contributed by atoms with Crippen molar-refractivity contribution < 1.29 is 13.2 Å². The Morgan fingerprint density at radius 3 is 2.34 bits per heavy atom. The molecular formula is C22H26F3N7. The number of nitrogens with zero attached hydrogens (tertiary/aromatic N) is 7. The van der Waals surface area contributed by atoms with Gasteiger partial charge in [-0.3, -0.25) is 9.88 Å². The summed E-state index contributed by atoms with van der Waals surface area (Å²) >= 11 is 0. The minimum atomic E-state index is -4.35. The average Bonchev–Trinajstić information content (AvgIpc) is 3.25. The number of benzene rings is 1. The second-order valence-corrected chi connectivity index (χ2v) is 8.88. The highest BCUT2D eigenvalue weighted by Crippen LogP contribution is 2.33. The standard InChI is InChI=1S/C22H26F3N7/c1-21(2,3)32-20(27-28-29-32)19(16-6-5-9-26-15-16)31-12-10-30(11-13-31)18-8-4-7-17(14-18)22(23,24)25/h4-9,14-15,19H,10-13H2,1-3H3/t19-/m0/s1. The molecule has 7 nitrogen and oxygen atoms in total. The number of rotatable bonds is 4. The maximum atomic E-state index is 13.1. The highest BCUT2D eigenvalue weighted by Gasteiger charge is 2.34. The van der Waals surface area contributed by atoms with E-state index in [1.54, 1.807) is 12.3 Å². The third-order valence-corrected chi connectivity index (χ3v) is 5.59. The summed E-state index contributed by atoms with van der Waals surface area (Å²) in [5, 5.41) is 12.5. The molecule has 1 atom stereocenters. The molecule has 3 heterocycles. The van der Waals surface area contributed by atoms with E-state index in [-0.39, 0.29) is 11.6 Å². The minimum absolute atomic E-state index is 0.207. The summed E-state index contributed by atoms with van der Waals surface area (Å²) in [4.78, 5) is 8.52. The van der Waals surface area contributed by atoms with Crippen LogP contribution < -0.4 is 4.90 Å². The molecular weight excluding hydrogens is 419 g/mol. The van der Waals surface area contributed by atoms with Gasteiger partial charge in [0.1, 0.15) is 0 Å². The van der Waals surface area contributed by atoms with Gasteiger partial charge in [0.2, 0.25) is 0 Å². The molecule has 1 aliphatic rings. The van der Waals surface area contributed by atoms with E-state index in [4.69, 9.17) is 0 Å². The zero-order valence-corrected chi connectivity index (χ0v) is 18.3. The van der Waals surface area contributed by atoms with Gasteiger partial charge in [-0.25, -0.2) is 4.68 Å². The lowest BCUT2D eigenvalue weighted by molar-refractivity contribution is -0.137. The van der Waals surface area contributed by atoms with Gasteiger partial charge in [-0.2, -0.15) is 13.2 Å². The van der Waals surface area contributed by atoms with E-state index in [9.17, 15) is 13.2 Å². The second-order valence-electron chi connectivity index (χ2n) is 8.88. The molecule has 1 aromatic carbocycles. The van der Waals surface area contributed by atoms with Crippen LogP contribution in [0.15, 0.2) is 48.8 Å². The molecule has 0 spiro atoms. The summed E-state index contributed by atoms with van der Waals surface area (Å²) in [7, 11) is 0. The summed E-state index contributed by atoms with van der Waals surface area (Å²) in [5.74, 6) is 0.720. The quantitative estimate of drug-likeness (QED) is 0.610. The number of alkyl halides is 3. The van der Waals surface area contributed by atoms with Gasteiger partial charge in [0.15, 0.2) is 5.82 Å². The van der Waals surface area contributed by atoms with E-state index < -0.39 is 11.7 Å². The van der Waals surface area contributed by atoms with Gasteiger partial charge < -0.3 is 4.90 Å². The summed E-state index contributed by atoms with van der Waals surface area (Å²) in [5.41, 5.74) is 0.617. The topological polar surface area (TPSA) is 63.0 Å². The van der Waals surface area contributed by atoms with Gasteiger partial charge in [0, 0.05) is 44.3 Å². The monoisotopic (exact) mass is 445 g/mol. The normalized spacial score (nSPS) is 16.9. The van der Waals surface area contributed by atoms with Crippen molar-refractivity contribution >= 4 is 5.69 Å². The molecule has 1 fully saturated rings. The SMILES string of the molecule is CC(C)(C)n1nnnc1[C@H](c1cccnc1)N1CCN(c2cccc(C(F)(F)F)c2)CC1. The van der Waals surface area contributed by atoms with Crippen LogP contribution in [-0.4, -0.2) is 56.3 Å². The van der Waals surface area contributed by atoms with Gasteiger partial charge in [0.25, 0.3) is 0 Å². The maximum Gasteiger partial charge on any atom is 0.416 e. The van der Waals surface area contributed by atoms with Gasteiger partial charge in [0.05, 0.1) is 17.1 Å². The molecule has 1 aliphatic heterocycles. The number of piperazine rings is 1. The Bertz CT molecular complexity index is 1040. The van der Waals surface area contributed by atoms with Crippen molar-refractivity contribution in [3.8, 4) is 0 Å². The fourth-order valence-corrected chi connectivity index (χ4v) is 4.02. The van der Waals surface area contributed by atoms with Crippen molar-refractivity contribution in [2.24, 2.45) is 0 Å². The number of pyridine rings is 1. The van der Waals surface area contributed by atoms with Crippen LogP contribution in [0.2, 0.25) is 0 Å². The van der Waals surface area contributed by atoms with Gasteiger partial charge in [-0.1, -0.05) is 12.1 Å². The molecule has 0 N–H and O–H groups in total. The van der Waals surface area contributed by atoms with Crippen molar-refractivity contribution in [1.29, 1.82) is 0 Å². The molecule has 0 radical (unpaired) electrons. The highest BCUT2D eigenvalue weighted by atomic mass is 19.4. The third kappa shape index (κ3) is 4.59. The van der Waals surface area contributed by atoms with Crippen LogP contribution in [0.5, 0.6) is 0 Å². The Morgan fingerprint density at radius 1 is 0.969 bits per heavy atom. The molecule has 3 aromatic rings. The molecule has 4 rings (SSSR count). The number of hydrogen-bond acceptors (Lipinski definition) is 6. The Labute approximate surface area is 184 Å². The molecule has 0 amide bonds. The lowest BCUT2D eigenvalue weighted by Crippen LogP contribution is -2.48. The van der Waals surface area contributed by atoms with Crippen LogP contribution in [0.1, 0.15) is 43.8 Å². The van der Waals surface area contributed by atoms with Crippen LogP contribution in [0.25, 0.3) is 0 Å². The first-order valence-corrected chi connectivity index (χ1v) is 10.5. The number of hydrogen-bond donors (Lipinski definition) is 0. The lowest BCUT2D eigenvalue weighted by atomic mass is 10.0. The first-order chi connectivity index (χ1) is 15.1. The van der Waals surface area contributed by atoms with E-state index in [0.29, 0.717) is 31.9 Å². The first kappa shape index (κ1) is 22.2. The Morgan fingerprint density at radius 2 is 1.72 bits per heavy atom. The summed E-state index contributed by atoms with van der Waals surface area (Å²) in [6, 6.07) is 9.18. The van der Waals surface area contributed by atoms with Crippen molar-refractivity contribution in [2.45, 2.75) is 38.5 Å². The molecule has 0 saturated carbocycles. The maximum absolute atomic E-state index is 13.1. The number of aromatic nitrogens is 5. The molecule has 170 valence electrons. The van der Waals surface area contributed by atoms with Crippen LogP contribution in [-0.2, 0) is 11.7 Å². The van der Waals surface area contributed by atoms with Crippen molar-refractivity contribution in [3.05, 3.63) is 65.7 Å². The van der Waals surface area contributed by atoms with E-state index in [1.165, 1.54) is 12.1 Å². The van der Waals surface area contributed by atoms with Gasteiger partial charge in [-0.05, 0) is 61.0 Å². The number of tetrazole rings is 1. The van der Waals surface area contributed by atoms with E-state index in [0.717, 1.165) is 17.5 Å². The summed E-state index contributed by atoms with van der Waals surface area (Å²) in [6.45, 7) is 8.60. The Balaban J connectivity index is 1.59. The zero-order chi connectivity index (χ0) is 22.9. The zero-order valence-electron chi connectivity index (χ0n) is 18.3. The van der Waals surface area contributed by atoms with Crippen molar-refractivity contribution in [3.63, 3.8) is 0 Å². The van der Waals surface area contributed by atoms with Crippen LogP contribution in [0.3, 0.4) is 0 Å². The van der Waals surface area contributed by atoms with Crippen molar-refractivity contribution in [2.75, 3.05) is 31.1 Å².